The van der Waals surface area contributed by atoms with Crippen LogP contribution in [-0.2, 0) is 23.6 Å². The molecule has 1 aliphatic heterocycles. The van der Waals surface area contributed by atoms with Gasteiger partial charge in [0.1, 0.15) is 5.75 Å². The van der Waals surface area contributed by atoms with Crippen molar-refractivity contribution in [1.29, 1.82) is 0 Å². The Morgan fingerprint density at radius 2 is 2.05 bits per heavy atom. The van der Waals surface area contributed by atoms with Gasteiger partial charge in [0.25, 0.3) is 0 Å². The van der Waals surface area contributed by atoms with Gasteiger partial charge in [-0.25, -0.2) is 0 Å². The summed E-state index contributed by atoms with van der Waals surface area (Å²) in [6.45, 7) is 0.769. The Morgan fingerprint density at radius 3 is 2.90 bits per heavy atom. The Balaban J connectivity index is 1.68. The lowest BCUT2D eigenvalue weighted by Gasteiger charge is -2.06. The fourth-order valence-electron chi connectivity index (χ4n) is 2.40. The molecule has 0 fully saturated rings. The van der Waals surface area contributed by atoms with Crippen molar-refractivity contribution in [3.05, 3.63) is 53.6 Å². The van der Waals surface area contributed by atoms with Crippen molar-refractivity contribution >= 4 is 16.5 Å². The molecule has 2 N–H and O–H groups in total. The average Bonchev–Trinajstić information content (AvgIpc) is 2.92. The summed E-state index contributed by atoms with van der Waals surface area (Å²) in [6, 6.07) is 13.6. The fraction of sp³-hybridized carbons (Fsp3) is 0.250. The number of aryl methyl sites for hydroxylation is 1. The molecule has 0 amide bonds. The minimum Gasteiger partial charge on any atom is -0.493 e. The predicted octanol–water partition coefficient (Wildman–Crippen LogP) is 2.55. The van der Waals surface area contributed by atoms with Crippen LogP contribution in [-0.4, -0.2) is 16.6 Å². The molecule has 4 heteroatoms. The highest BCUT2D eigenvalue weighted by atomic mass is 32.2. The molecule has 0 spiro atoms. The van der Waals surface area contributed by atoms with Crippen molar-refractivity contribution < 1.29 is 8.95 Å². The van der Waals surface area contributed by atoms with Gasteiger partial charge in [0, 0.05) is 17.9 Å². The highest BCUT2D eigenvalue weighted by Gasteiger charge is 2.13. The van der Waals surface area contributed by atoms with E-state index in [1.807, 2.05) is 24.3 Å². The largest absolute Gasteiger partial charge is 0.493 e. The number of anilines is 1. The van der Waals surface area contributed by atoms with E-state index in [2.05, 4.69) is 12.1 Å². The highest BCUT2D eigenvalue weighted by Crippen LogP contribution is 2.26. The van der Waals surface area contributed by atoms with Gasteiger partial charge in [0.15, 0.2) is 0 Å². The standard InChI is InChI=1S/C16H17NO2S/c17-14-3-1-2-4-16(14)20(18)10-8-12-5-6-15-13(11-12)7-9-19-15/h1-6,11H,7-10,17H2. The minimum atomic E-state index is -1.05. The molecule has 0 saturated heterocycles. The smallest absolute Gasteiger partial charge is 0.122 e. The monoisotopic (exact) mass is 287 g/mol. The van der Waals surface area contributed by atoms with Gasteiger partial charge in [-0.2, -0.15) is 0 Å². The first-order chi connectivity index (χ1) is 9.74. The van der Waals surface area contributed by atoms with E-state index in [1.165, 1.54) is 11.1 Å². The molecule has 2 aromatic carbocycles. The van der Waals surface area contributed by atoms with Crippen LogP contribution in [0.2, 0.25) is 0 Å². The van der Waals surface area contributed by atoms with Crippen LogP contribution in [0.4, 0.5) is 5.69 Å². The van der Waals surface area contributed by atoms with E-state index >= 15 is 0 Å². The second-order valence-electron chi connectivity index (χ2n) is 4.88. The topological polar surface area (TPSA) is 52.3 Å². The molecule has 0 radical (unpaired) electrons. The Labute approximate surface area is 121 Å². The molecular weight excluding hydrogens is 270 g/mol. The van der Waals surface area contributed by atoms with E-state index in [4.69, 9.17) is 10.5 Å². The van der Waals surface area contributed by atoms with Crippen molar-refractivity contribution in [3.8, 4) is 5.75 Å². The molecule has 20 heavy (non-hydrogen) atoms. The zero-order valence-corrected chi connectivity index (χ0v) is 12.0. The third-order valence-electron chi connectivity index (χ3n) is 3.49. The van der Waals surface area contributed by atoms with Crippen molar-refractivity contribution in [1.82, 2.24) is 0 Å². The maximum absolute atomic E-state index is 12.3. The Bertz CT molecular complexity index is 655. The number of nitrogen functional groups attached to an aromatic ring is 1. The van der Waals surface area contributed by atoms with Crippen LogP contribution in [0, 0.1) is 0 Å². The van der Waals surface area contributed by atoms with Gasteiger partial charge in [0.05, 0.1) is 22.3 Å². The molecule has 3 rings (SSSR count). The summed E-state index contributed by atoms with van der Waals surface area (Å²) < 4.78 is 17.8. The summed E-state index contributed by atoms with van der Waals surface area (Å²) in [5, 5.41) is 0. The zero-order valence-electron chi connectivity index (χ0n) is 11.2. The van der Waals surface area contributed by atoms with E-state index in [9.17, 15) is 4.21 Å². The summed E-state index contributed by atoms with van der Waals surface area (Å²) in [4.78, 5) is 0.733. The average molecular weight is 287 g/mol. The highest BCUT2D eigenvalue weighted by molar-refractivity contribution is 7.85. The second kappa shape index (κ2) is 5.67. The number of rotatable bonds is 4. The van der Waals surface area contributed by atoms with Crippen LogP contribution in [0.3, 0.4) is 0 Å². The van der Waals surface area contributed by atoms with Gasteiger partial charge in [-0.05, 0) is 35.7 Å². The summed E-state index contributed by atoms with van der Waals surface area (Å²) >= 11 is 0. The first-order valence-electron chi connectivity index (χ1n) is 6.71. The van der Waals surface area contributed by atoms with Crippen molar-refractivity contribution in [2.45, 2.75) is 17.7 Å². The van der Waals surface area contributed by atoms with Gasteiger partial charge in [-0.1, -0.05) is 24.3 Å². The second-order valence-corrected chi connectivity index (χ2v) is 6.42. The van der Waals surface area contributed by atoms with E-state index in [0.717, 1.165) is 30.1 Å². The third-order valence-corrected chi connectivity index (χ3v) is 4.93. The lowest BCUT2D eigenvalue weighted by Crippen LogP contribution is -2.04. The summed E-state index contributed by atoms with van der Waals surface area (Å²) in [5.41, 5.74) is 8.92. The molecule has 2 aromatic rings. The van der Waals surface area contributed by atoms with Crippen molar-refractivity contribution in [3.63, 3.8) is 0 Å². The van der Waals surface area contributed by atoms with Crippen LogP contribution in [0.1, 0.15) is 11.1 Å². The van der Waals surface area contributed by atoms with Crippen LogP contribution in [0.25, 0.3) is 0 Å². The predicted molar refractivity (Wildman–Crippen MR) is 81.5 cm³/mol. The summed E-state index contributed by atoms with van der Waals surface area (Å²) in [6.07, 6.45) is 1.76. The van der Waals surface area contributed by atoms with E-state index in [-0.39, 0.29) is 0 Å². The molecule has 1 atom stereocenters. The first-order valence-corrected chi connectivity index (χ1v) is 8.03. The molecule has 0 aliphatic carbocycles. The molecule has 1 heterocycles. The SMILES string of the molecule is Nc1ccccc1S(=O)CCc1ccc2c(c1)CCO2. The van der Waals surface area contributed by atoms with Crippen molar-refractivity contribution in [2.24, 2.45) is 0 Å². The summed E-state index contributed by atoms with van der Waals surface area (Å²) in [5.74, 6) is 1.58. The third kappa shape index (κ3) is 2.70. The van der Waals surface area contributed by atoms with E-state index in [1.54, 1.807) is 6.07 Å². The van der Waals surface area contributed by atoms with Crippen molar-refractivity contribution in [2.75, 3.05) is 18.1 Å². The van der Waals surface area contributed by atoms with Gasteiger partial charge in [-0.15, -0.1) is 0 Å². The normalized spacial score (nSPS) is 14.6. The molecule has 0 bridgehead atoms. The molecule has 0 aromatic heterocycles. The summed E-state index contributed by atoms with van der Waals surface area (Å²) in [7, 11) is -1.05. The lowest BCUT2D eigenvalue weighted by atomic mass is 10.1. The van der Waals surface area contributed by atoms with Gasteiger partial charge >= 0.3 is 0 Å². The molecule has 1 unspecified atom stereocenters. The maximum atomic E-state index is 12.3. The quantitative estimate of drug-likeness (QED) is 0.879. The van der Waals surface area contributed by atoms with E-state index < -0.39 is 10.8 Å². The number of fused-ring (bicyclic) bond motifs is 1. The molecule has 104 valence electrons. The van der Waals surface area contributed by atoms with Gasteiger partial charge in [0.2, 0.25) is 0 Å². The van der Waals surface area contributed by atoms with Crippen LogP contribution < -0.4 is 10.5 Å². The fourth-order valence-corrected chi connectivity index (χ4v) is 3.61. The number of hydrogen-bond acceptors (Lipinski definition) is 3. The Kier molecular flexibility index (Phi) is 3.74. The first kappa shape index (κ1) is 13.2. The number of hydrogen-bond donors (Lipinski definition) is 1. The number of para-hydroxylation sites is 1. The van der Waals surface area contributed by atoms with Crippen LogP contribution in [0.5, 0.6) is 5.75 Å². The Morgan fingerprint density at radius 1 is 1.20 bits per heavy atom. The minimum absolute atomic E-state index is 0.591. The Hall–Kier alpha value is -1.81. The molecule has 3 nitrogen and oxygen atoms in total. The van der Waals surface area contributed by atoms with E-state index in [0.29, 0.717) is 11.4 Å². The number of ether oxygens (including phenoxy) is 1. The number of nitrogens with two attached hydrogens (primary N) is 1. The zero-order chi connectivity index (χ0) is 13.9. The maximum Gasteiger partial charge on any atom is 0.122 e. The number of benzene rings is 2. The van der Waals surface area contributed by atoms with Crippen LogP contribution in [0.15, 0.2) is 47.4 Å². The molecule has 0 saturated carbocycles. The molecule has 1 aliphatic rings. The van der Waals surface area contributed by atoms with Gasteiger partial charge in [-0.3, -0.25) is 4.21 Å². The molecular formula is C16H17NO2S. The van der Waals surface area contributed by atoms with Gasteiger partial charge < -0.3 is 10.5 Å². The van der Waals surface area contributed by atoms with Crippen LogP contribution >= 0.6 is 0 Å². The lowest BCUT2D eigenvalue weighted by molar-refractivity contribution is 0.357.